The highest BCUT2D eigenvalue weighted by Gasteiger charge is 2.16. The highest BCUT2D eigenvalue weighted by Crippen LogP contribution is 2.32. The molecule has 88 valence electrons. The smallest absolute Gasteiger partial charge is 0.0476 e. The fraction of sp³-hybridized carbons (Fsp3) is 0.538. The van der Waals surface area contributed by atoms with Crippen LogP contribution < -0.4 is 5.73 Å². The van der Waals surface area contributed by atoms with Gasteiger partial charge in [0.25, 0.3) is 0 Å². The Labute approximate surface area is 102 Å². The Bertz CT molecular complexity index is 323. The van der Waals surface area contributed by atoms with Gasteiger partial charge in [-0.1, -0.05) is 18.2 Å². The van der Waals surface area contributed by atoms with Gasteiger partial charge in [-0.15, -0.1) is 11.8 Å². The quantitative estimate of drug-likeness (QED) is 0.873. The summed E-state index contributed by atoms with van der Waals surface area (Å²) in [6.07, 6.45) is 3.32. The van der Waals surface area contributed by atoms with Crippen molar-refractivity contribution in [3.63, 3.8) is 0 Å². The SMILES string of the molecule is NCCc1ccccc1SC1CCOCC1. The highest BCUT2D eigenvalue weighted by molar-refractivity contribution is 8.00. The van der Waals surface area contributed by atoms with Gasteiger partial charge in [0.05, 0.1) is 0 Å². The molecule has 0 spiro atoms. The van der Waals surface area contributed by atoms with Crippen LogP contribution in [0.4, 0.5) is 0 Å². The lowest BCUT2D eigenvalue weighted by atomic mass is 10.1. The van der Waals surface area contributed by atoms with Crippen molar-refractivity contribution in [2.75, 3.05) is 19.8 Å². The van der Waals surface area contributed by atoms with Gasteiger partial charge >= 0.3 is 0 Å². The first-order chi connectivity index (χ1) is 7.90. The summed E-state index contributed by atoms with van der Waals surface area (Å²) in [6.45, 7) is 2.55. The van der Waals surface area contributed by atoms with Crippen LogP contribution in [0.3, 0.4) is 0 Å². The number of thioether (sulfide) groups is 1. The van der Waals surface area contributed by atoms with Gasteiger partial charge in [0.1, 0.15) is 0 Å². The second kappa shape index (κ2) is 6.28. The first-order valence-electron chi connectivity index (χ1n) is 5.92. The van der Waals surface area contributed by atoms with Crippen molar-refractivity contribution in [3.8, 4) is 0 Å². The van der Waals surface area contributed by atoms with Gasteiger partial charge in [-0.25, -0.2) is 0 Å². The molecule has 1 saturated heterocycles. The number of benzene rings is 1. The minimum atomic E-state index is 0.715. The van der Waals surface area contributed by atoms with E-state index >= 15 is 0 Å². The van der Waals surface area contributed by atoms with E-state index in [1.165, 1.54) is 23.3 Å². The van der Waals surface area contributed by atoms with Crippen molar-refractivity contribution in [1.82, 2.24) is 0 Å². The maximum Gasteiger partial charge on any atom is 0.0476 e. The molecule has 1 aliphatic rings. The predicted octanol–water partition coefficient (Wildman–Crippen LogP) is 2.46. The molecule has 1 aliphatic heterocycles. The van der Waals surface area contributed by atoms with E-state index in [4.69, 9.17) is 10.5 Å². The molecule has 0 atom stereocenters. The third kappa shape index (κ3) is 3.24. The molecule has 16 heavy (non-hydrogen) atoms. The van der Waals surface area contributed by atoms with E-state index in [1.807, 2.05) is 11.8 Å². The number of hydrogen-bond donors (Lipinski definition) is 1. The molecule has 0 aliphatic carbocycles. The molecular weight excluding hydrogens is 218 g/mol. The molecule has 1 aromatic carbocycles. The van der Waals surface area contributed by atoms with Crippen molar-refractivity contribution in [2.24, 2.45) is 5.73 Å². The molecule has 1 fully saturated rings. The monoisotopic (exact) mass is 237 g/mol. The summed E-state index contributed by atoms with van der Waals surface area (Å²) in [5.74, 6) is 0. The van der Waals surface area contributed by atoms with E-state index in [0.29, 0.717) is 5.25 Å². The van der Waals surface area contributed by atoms with Crippen LogP contribution in [-0.4, -0.2) is 25.0 Å². The van der Waals surface area contributed by atoms with E-state index in [0.717, 1.165) is 26.2 Å². The standard InChI is InChI=1S/C13H19NOS/c14-8-5-11-3-1-2-4-13(11)16-12-6-9-15-10-7-12/h1-4,12H,5-10,14H2. The van der Waals surface area contributed by atoms with Crippen LogP contribution in [0.1, 0.15) is 18.4 Å². The van der Waals surface area contributed by atoms with Gasteiger partial charge in [0, 0.05) is 23.4 Å². The van der Waals surface area contributed by atoms with E-state index in [2.05, 4.69) is 24.3 Å². The van der Waals surface area contributed by atoms with Crippen LogP contribution in [0.25, 0.3) is 0 Å². The van der Waals surface area contributed by atoms with Crippen molar-refractivity contribution in [3.05, 3.63) is 29.8 Å². The van der Waals surface area contributed by atoms with Crippen LogP contribution in [0.2, 0.25) is 0 Å². The molecule has 2 N–H and O–H groups in total. The van der Waals surface area contributed by atoms with E-state index < -0.39 is 0 Å². The summed E-state index contributed by atoms with van der Waals surface area (Å²) in [5, 5.41) is 0.715. The second-order valence-electron chi connectivity index (χ2n) is 4.08. The van der Waals surface area contributed by atoms with Gasteiger partial charge in [-0.2, -0.15) is 0 Å². The maximum atomic E-state index is 5.63. The minimum absolute atomic E-state index is 0.715. The van der Waals surface area contributed by atoms with Crippen LogP contribution in [0.5, 0.6) is 0 Å². The number of ether oxygens (including phenoxy) is 1. The predicted molar refractivity (Wildman–Crippen MR) is 68.9 cm³/mol. The lowest BCUT2D eigenvalue weighted by Gasteiger charge is -2.22. The van der Waals surface area contributed by atoms with Crippen LogP contribution in [-0.2, 0) is 11.2 Å². The molecule has 2 rings (SSSR count). The zero-order valence-electron chi connectivity index (χ0n) is 9.52. The van der Waals surface area contributed by atoms with Gasteiger partial charge in [-0.3, -0.25) is 0 Å². The molecule has 0 aromatic heterocycles. The molecule has 1 aromatic rings. The summed E-state index contributed by atoms with van der Waals surface area (Å²) in [6, 6.07) is 8.61. The number of rotatable bonds is 4. The minimum Gasteiger partial charge on any atom is -0.381 e. The Kier molecular flexibility index (Phi) is 4.69. The molecule has 3 heteroatoms. The van der Waals surface area contributed by atoms with Gasteiger partial charge in [0.15, 0.2) is 0 Å². The van der Waals surface area contributed by atoms with Gasteiger partial charge < -0.3 is 10.5 Å². The Hall–Kier alpha value is -0.510. The van der Waals surface area contributed by atoms with Crippen LogP contribution >= 0.6 is 11.8 Å². The van der Waals surface area contributed by atoms with Crippen LogP contribution in [0.15, 0.2) is 29.2 Å². The van der Waals surface area contributed by atoms with E-state index in [-0.39, 0.29) is 0 Å². The molecule has 0 saturated carbocycles. The zero-order chi connectivity index (χ0) is 11.2. The molecular formula is C13H19NOS. The largest absolute Gasteiger partial charge is 0.381 e. The fourth-order valence-electron chi connectivity index (χ4n) is 1.95. The molecule has 2 nitrogen and oxygen atoms in total. The van der Waals surface area contributed by atoms with Crippen LogP contribution in [0, 0.1) is 0 Å². The zero-order valence-corrected chi connectivity index (χ0v) is 10.3. The lowest BCUT2D eigenvalue weighted by Crippen LogP contribution is -2.17. The topological polar surface area (TPSA) is 35.2 Å². The van der Waals surface area contributed by atoms with Crippen molar-refractivity contribution >= 4 is 11.8 Å². The summed E-state index contributed by atoms with van der Waals surface area (Å²) >= 11 is 2.00. The number of hydrogen-bond acceptors (Lipinski definition) is 3. The van der Waals surface area contributed by atoms with E-state index in [9.17, 15) is 0 Å². The number of nitrogens with two attached hydrogens (primary N) is 1. The Morgan fingerprint density at radius 1 is 1.25 bits per heavy atom. The summed E-state index contributed by atoms with van der Waals surface area (Å²) in [5.41, 5.74) is 7.02. The normalized spacial score (nSPS) is 17.6. The summed E-state index contributed by atoms with van der Waals surface area (Å²) in [4.78, 5) is 1.40. The Balaban J connectivity index is 2.01. The summed E-state index contributed by atoms with van der Waals surface area (Å²) in [7, 11) is 0. The lowest BCUT2D eigenvalue weighted by molar-refractivity contribution is 0.100. The van der Waals surface area contributed by atoms with Gasteiger partial charge in [0.2, 0.25) is 0 Å². The van der Waals surface area contributed by atoms with Crippen molar-refractivity contribution in [2.45, 2.75) is 29.4 Å². The maximum absolute atomic E-state index is 5.63. The average Bonchev–Trinajstić information content (AvgIpc) is 2.33. The molecule has 1 heterocycles. The summed E-state index contributed by atoms with van der Waals surface area (Å²) < 4.78 is 5.38. The van der Waals surface area contributed by atoms with Crippen molar-refractivity contribution < 1.29 is 4.74 Å². The molecule has 0 radical (unpaired) electrons. The Morgan fingerprint density at radius 2 is 2.00 bits per heavy atom. The third-order valence-electron chi connectivity index (χ3n) is 2.85. The first-order valence-corrected chi connectivity index (χ1v) is 6.80. The molecule has 0 bridgehead atoms. The Morgan fingerprint density at radius 3 is 2.75 bits per heavy atom. The van der Waals surface area contributed by atoms with Gasteiger partial charge in [-0.05, 0) is 37.4 Å². The first kappa shape index (κ1) is 12.0. The van der Waals surface area contributed by atoms with E-state index in [1.54, 1.807) is 0 Å². The van der Waals surface area contributed by atoms with Crippen molar-refractivity contribution in [1.29, 1.82) is 0 Å². The second-order valence-corrected chi connectivity index (χ2v) is 5.42. The average molecular weight is 237 g/mol. The highest BCUT2D eigenvalue weighted by atomic mass is 32.2. The fourth-order valence-corrected chi connectivity index (χ4v) is 3.22. The molecule has 0 amide bonds. The molecule has 0 unspecified atom stereocenters. The third-order valence-corrected chi connectivity index (χ3v) is 4.31.